The molecule has 4 amide bonds. The van der Waals surface area contributed by atoms with Gasteiger partial charge in [-0.05, 0) is 68.6 Å². The molecule has 2 aliphatic carbocycles. The zero-order valence-corrected chi connectivity index (χ0v) is 31.1. The molecule has 2 aromatic rings. The third-order valence-electron chi connectivity index (χ3n) is 11.5. The summed E-state index contributed by atoms with van der Waals surface area (Å²) in [5.74, 6) is -1.69. The molecule has 53 heavy (non-hydrogen) atoms. The molecule has 4 N–H and O–H groups in total. The minimum Gasteiger partial charge on any atom is -0.489 e. The summed E-state index contributed by atoms with van der Waals surface area (Å²) in [6.45, 7) is 5.17. The molecule has 5 aliphatic rings. The van der Waals surface area contributed by atoms with Gasteiger partial charge in [0.15, 0.2) is 5.75 Å². The standard InChI is InChI=1S/C37H48N6O9S/c1-4-22-17-21(2)7-5-6-8-23-19-37(23,35(46)41-53(49,50)25-9-10-25)40-32(44)29-18-24(20-43(29)34(45)30(22)39-36(47)48)52-33-27-11-12-28-31(26(27)13-14-38-33)51-16-15-42(28)3/h6,8,11-14,21-25,29-30,39H,4-5,7,9-10,15-20H2,1-3H3,(H,40,44)(H,41,46)(H,47,48)/b8-6-/t21-,22+,23?,24+,29-,30-,37?/m0/s1. The normalized spacial score (nSPS) is 31.1. The minimum atomic E-state index is -3.90. The fourth-order valence-electron chi connectivity index (χ4n) is 8.15. The van der Waals surface area contributed by atoms with Crippen molar-refractivity contribution in [2.24, 2.45) is 17.8 Å². The molecular formula is C37H48N6O9S. The van der Waals surface area contributed by atoms with Gasteiger partial charge in [0, 0.05) is 36.4 Å². The molecule has 1 aromatic carbocycles. The van der Waals surface area contributed by atoms with Crippen LogP contribution in [0.2, 0.25) is 0 Å². The van der Waals surface area contributed by atoms with Gasteiger partial charge in [0.25, 0.3) is 5.91 Å². The number of rotatable bonds is 7. The topological polar surface area (TPSA) is 197 Å². The summed E-state index contributed by atoms with van der Waals surface area (Å²) in [7, 11) is -1.91. The summed E-state index contributed by atoms with van der Waals surface area (Å²) >= 11 is 0. The Balaban J connectivity index is 1.22. The summed E-state index contributed by atoms with van der Waals surface area (Å²) in [4.78, 5) is 62.7. The molecule has 2 saturated carbocycles. The third-order valence-corrected chi connectivity index (χ3v) is 13.3. The SMILES string of the molecule is CC[C@@H]1C[C@@H](C)CC/C=C\C2CC2(C(=O)NS(=O)(=O)C2CC2)NC(=O)[C@@H]2C[C@@H](Oc3nccc4c5c(ccc34)N(C)CCO5)CN2C(=O)[C@H]1NC(=O)O. The number of likely N-dealkylation sites (N-methyl/N-ethyl adjacent to an activating group) is 1. The first kappa shape index (κ1) is 36.7. The molecule has 286 valence electrons. The molecule has 7 atom stereocenters. The number of fused-ring (bicyclic) bond motifs is 5. The molecule has 3 aliphatic heterocycles. The van der Waals surface area contributed by atoms with E-state index in [0.717, 1.165) is 24.0 Å². The highest BCUT2D eigenvalue weighted by Gasteiger charge is 2.62. The number of ether oxygens (including phenoxy) is 2. The van der Waals surface area contributed by atoms with Gasteiger partial charge in [-0.1, -0.05) is 32.4 Å². The zero-order chi connectivity index (χ0) is 37.7. The Bertz CT molecular complexity index is 1940. The number of pyridine rings is 1. The molecule has 7 rings (SSSR count). The first-order valence-corrected chi connectivity index (χ1v) is 20.1. The molecular weight excluding hydrogens is 705 g/mol. The van der Waals surface area contributed by atoms with Crippen molar-refractivity contribution in [2.75, 3.05) is 31.6 Å². The van der Waals surface area contributed by atoms with Gasteiger partial charge < -0.3 is 35.0 Å². The Kier molecular flexibility index (Phi) is 9.93. The van der Waals surface area contributed by atoms with Crippen LogP contribution in [-0.4, -0.2) is 103 Å². The Morgan fingerprint density at radius 1 is 1.15 bits per heavy atom. The van der Waals surface area contributed by atoms with Gasteiger partial charge in [0.1, 0.15) is 30.3 Å². The molecule has 0 spiro atoms. The lowest BCUT2D eigenvalue weighted by molar-refractivity contribution is -0.142. The number of allylic oxidation sites excluding steroid dienone is 1. The average Bonchev–Trinajstić information content (AvgIpc) is 4.05. The number of carbonyl (C=O) groups excluding carboxylic acids is 3. The highest BCUT2D eigenvalue weighted by atomic mass is 32.2. The Labute approximate surface area is 308 Å². The maximum Gasteiger partial charge on any atom is 0.405 e. The van der Waals surface area contributed by atoms with Crippen molar-refractivity contribution in [2.45, 2.75) is 94.2 Å². The van der Waals surface area contributed by atoms with E-state index in [9.17, 15) is 32.7 Å². The number of benzene rings is 1. The number of carbonyl (C=O) groups is 4. The van der Waals surface area contributed by atoms with Gasteiger partial charge >= 0.3 is 6.09 Å². The van der Waals surface area contributed by atoms with Crippen LogP contribution in [0.4, 0.5) is 10.5 Å². The predicted molar refractivity (Wildman–Crippen MR) is 195 cm³/mol. The molecule has 1 saturated heterocycles. The summed E-state index contributed by atoms with van der Waals surface area (Å²) in [5, 5.41) is 16.0. The number of hydrogen-bond acceptors (Lipinski definition) is 10. The van der Waals surface area contributed by atoms with Gasteiger partial charge in [0.05, 0.1) is 24.0 Å². The number of aromatic nitrogens is 1. The second-order valence-corrected chi connectivity index (χ2v) is 17.2. The molecule has 16 heteroatoms. The van der Waals surface area contributed by atoms with E-state index in [-0.39, 0.29) is 37.1 Å². The lowest BCUT2D eigenvalue weighted by Crippen LogP contribution is -2.59. The second-order valence-electron chi connectivity index (χ2n) is 15.3. The van der Waals surface area contributed by atoms with Crippen LogP contribution in [0.15, 0.2) is 36.5 Å². The van der Waals surface area contributed by atoms with Crippen molar-refractivity contribution in [1.29, 1.82) is 0 Å². The number of sulfonamides is 1. The van der Waals surface area contributed by atoms with Crippen molar-refractivity contribution in [3.05, 3.63) is 36.5 Å². The van der Waals surface area contributed by atoms with Crippen LogP contribution in [0.25, 0.3) is 10.8 Å². The predicted octanol–water partition coefficient (Wildman–Crippen LogP) is 2.93. The molecule has 2 unspecified atom stereocenters. The summed E-state index contributed by atoms with van der Waals surface area (Å²) in [6.07, 6.45) is 6.97. The van der Waals surface area contributed by atoms with E-state index in [4.69, 9.17) is 9.47 Å². The third kappa shape index (κ3) is 7.34. The van der Waals surface area contributed by atoms with Crippen molar-refractivity contribution < 1.29 is 42.2 Å². The van der Waals surface area contributed by atoms with Crippen LogP contribution < -0.4 is 29.7 Å². The summed E-state index contributed by atoms with van der Waals surface area (Å²) in [5.41, 5.74) is -0.592. The average molecular weight is 753 g/mol. The Hall–Kier alpha value is -4.60. The van der Waals surface area contributed by atoms with E-state index in [1.54, 1.807) is 6.20 Å². The first-order chi connectivity index (χ1) is 25.3. The molecule has 0 bridgehead atoms. The highest BCUT2D eigenvalue weighted by molar-refractivity contribution is 7.91. The minimum absolute atomic E-state index is 0.0192. The zero-order valence-electron chi connectivity index (χ0n) is 30.2. The van der Waals surface area contributed by atoms with Gasteiger partial charge in [-0.15, -0.1) is 0 Å². The second kappa shape index (κ2) is 14.3. The number of nitrogens with one attached hydrogen (secondary N) is 3. The van der Waals surface area contributed by atoms with Crippen LogP contribution in [-0.2, 0) is 24.4 Å². The number of carboxylic acid groups (broad SMARTS) is 1. The molecule has 4 heterocycles. The van der Waals surface area contributed by atoms with E-state index in [2.05, 4.69) is 32.2 Å². The fraction of sp³-hybridized carbons (Fsp3) is 0.595. The van der Waals surface area contributed by atoms with Crippen LogP contribution in [0.1, 0.15) is 65.2 Å². The van der Waals surface area contributed by atoms with Crippen molar-refractivity contribution in [1.82, 2.24) is 25.2 Å². The van der Waals surface area contributed by atoms with Crippen molar-refractivity contribution in [3.8, 4) is 11.6 Å². The van der Waals surface area contributed by atoms with Gasteiger partial charge in [-0.2, -0.15) is 0 Å². The van der Waals surface area contributed by atoms with Gasteiger partial charge in [0.2, 0.25) is 27.7 Å². The Morgan fingerprint density at radius 3 is 2.68 bits per heavy atom. The van der Waals surface area contributed by atoms with Crippen LogP contribution >= 0.6 is 0 Å². The monoisotopic (exact) mass is 752 g/mol. The summed E-state index contributed by atoms with van der Waals surface area (Å²) in [6, 6.07) is 3.38. The number of amides is 4. The van der Waals surface area contributed by atoms with E-state index < -0.39 is 68.7 Å². The largest absolute Gasteiger partial charge is 0.489 e. The van der Waals surface area contributed by atoms with Gasteiger partial charge in [-0.3, -0.25) is 19.1 Å². The summed E-state index contributed by atoms with van der Waals surface area (Å²) < 4.78 is 40.4. The van der Waals surface area contributed by atoms with Crippen molar-refractivity contribution in [3.63, 3.8) is 0 Å². The quantitative estimate of drug-likeness (QED) is 0.304. The maximum absolute atomic E-state index is 14.6. The van der Waals surface area contributed by atoms with Crippen LogP contribution in [0.5, 0.6) is 11.6 Å². The maximum atomic E-state index is 14.6. The number of hydrogen-bond donors (Lipinski definition) is 4. The van der Waals surface area contributed by atoms with Crippen LogP contribution in [0, 0.1) is 17.8 Å². The molecule has 1 aromatic heterocycles. The number of anilines is 1. The Morgan fingerprint density at radius 2 is 1.94 bits per heavy atom. The fourth-order valence-corrected chi connectivity index (χ4v) is 9.51. The smallest absolute Gasteiger partial charge is 0.405 e. The lowest BCUT2D eigenvalue weighted by atomic mass is 9.85. The van der Waals surface area contributed by atoms with Crippen LogP contribution in [0.3, 0.4) is 0 Å². The van der Waals surface area contributed by atoms with E-state index >= 15 is 0 Å². The molecule has 15 nitrogen and oxygen atoms in total. The molecule has 0 radical (unpaired) electrons. The van der Waals surface area contributed by atoms with E-state index in [1.165, 1.54) is 4.90 Å². The van der Waals surface area contributed by atoms with E-state index in [0.29, 0.717) is 49.8 Å². The van der Waals surface area contributed by atoms with Gasteiger partial charge in [-0.25, -0.2) is 18.2 Å². The van der Waals surface area contributed by atoms with Crippen molar-refractivity contribution >= 4 is 50.3 Å². The van der Waals surface area contributed by atoms with E-state index in [1.807, 2.05) is 44.3 Å². The molecule has 3 fully saturated rings. The number of nitrogens with zero attached hydrogens (tertiary/aromatic N) is 3. The lowest BCUT2D eigenvalue weighted by Gasteiger charge is -2.33. The highest BCUT2D eigenvalue weighted by Crippen LogP contribution is 2.46. The first-order valence-electron chi connectivity index (χ1n) is 18.6.